The molecule has 0 aromatic heterocycles. The number of aliphatic hydroxyl groups excluding tert-OH is 1. The summed E-state index contributed by atoms with van der Waals surface area (Å²) >= 11 is 0. The Morgan fingerprint density at radius 1 is 1.36 bits per heavy atom. The molecule has 84 valence electrons. The van der Waals surface area contributed by atoms with Gasteiger partial charge in [0.25, 0.3) is 0 Å². The Morgan fingerprint density at radius 2 is 2.07 bits per heavy atom. The van der Waals surface area contributed by atoms with Crippen molar-refractivity contribution in [3.63, 3.8) is 0 Å². The van der Waals surface area contributed by atoms with E-state index in [0.717, 1.165) is 32.1 Å². The van der Waals surface area contributed by atoms with Gasteiger partial charge in [-0.05, 0) is 12.8 Å². The molecule has 3 heteroatoms. The Balaban J connectivity index is 2.31. The summed E-state index contributed by atoms with van der Waals surface area (Å²) in [5.41, 5.74) is 0. The van der Waals surface area contributed by atoms with Gasteiger partial charge >= 0.3 is 0 Å². The molecule has 1 N–H and O–H groups in total. The fraction of sp³-hybridized carbons (Fsp3) is 1.00. The summed E-state index contributed by atoms with van der Waals surface area (Å²) in [5.74, 6) is 0.756. The molecule has 1 aliphatic rings. The van der Waals surface area contributed by atoms with E-state index in [4.69, 9.17) is 5.11 Å². The van der Waals surface area contributed by atoms with E-state index in [1.165, 1.54) is 6.54 Å². The largest absolute Gasteiger partial charge is 0.395 e. The first-order chi connectivity index (χ1) is 6.63. The molecule has 1 rings (SSSR count). The van der Waals surface area contributed by atoms with Crippen molar-refractivity contribution >= 4 is 0 Å². The zero-order chi connectivity index (χ0) is 10.6. The summed E-state index contributed by atoms with van der Waals surface area (Å²) in [6.07, 6.45) is 0. The summed E-state index contributed by atoms with van der Waals surface area (Å²) in [4.78, 5) is 4.90. The monoisotopic (exact) mass is 200 g/mol. The zero-order valence-corrected chi connectivity index (χ0v) is 9.74. The lowest BCUT2D eigenvalue weighted by molar-refractivity contribution is 0.0628. The van der Waals surface area contributed by atoms with Crippen molar-refractivity contribution in [3.8, 4) is 0 Å². The van der Waals surface area contributed by atoms with Crippen molar-refractivity contribution in [2.24, 2.45) is 5.92 Å². The van der Waals surface area contributed by atoms with Crippen LogP contribution in [-0.2, 0) is 0 Å². The van der Waals surface area contributed by atoms with E-state index in [1.807, 2.05) is 0 Å². The molecule has 14 heavy (non-hydrogen) atoms. The highest BCUT2D eigenvalue weighted by Crippen LogP contribution is 2.10. The molecule has 0 bridgehead atoms. The molecule has 0 aromatic carbocycles. The summed E-state index contributed by atoms with van der Waals surface area (Å²) in [7, 11) is 0. The minimum Gasteiger partial charge on any atom is -0.395 e. The van der Waals surface area contributed by atoms with Crippen LogP contribution in [0.3, 0.4) is 0 Å². The first-order valence-corrected chi connectivity index (χ1v) is 5.70. The van der Waals surface area contributed by atoms with Crippen molar-refractivity contribution in [1.29, 1.82) is 0 Å². The number of piperazine rings is 1. The average molecular weight is 200 g/mol. The van der Waals surface area contributed by atoms with Crippen LogP contribution in [0.2, 0.25) is 0 Å². The van der Waals surface area contributed by atoms with Gasteiger partial charge in [-0.25, -0.2) is 0 Å². The number of hydrogen-bond acceptors (Lipinski definition) is 3. The van der Waals surface area contributed by atoms with E-state index in [-0.39, 0.29) is 6.61 Å². The molecule has 1 fully saturated rings. The number of β-amino-alcohol motifs (C(OH)–C–C–N with tert-alkyl or cyclic N) is 1. The van der Waals surface area contributed by atoms with Crippen LogP contribution in [0.4, 0.5) is 0 Å². The van der Waals surface area contributed by atoms with Crippen LogP contribution in [0.15, 0.2) is 0 Å². The molecule has 0 radical (unpaired) electrons. The van der Waals surface area contributed by atoms with Crippen LogP contribution in [0.5, 0.6) is 0 Å². The second kappa shape index (κ2) is 5.69. The second-order valence-corrected chi connectivity index (χ2v) is 4.76. The normalized spacial score (nSPS) is 25.9. The van der Waals surface area contributed by atoms with Gasteiger partial charge in [0.15, 0.2) is 0 Å². The van der Waals surface area contributed by atoms with Gasteiger partial charge in [0.2, 0.25) is 0 Å². The van der Waals surface area contributed by atoms with E-state index in [1.54, 1.807) is 0 Å². The van der Waals surface area contributed by atoms with Crippen LogP contribution in [0.1, 0.15) is 20.8 Å². The van der Waals surface area contributed by atoms with Gasteiger partial charge in [0.1, 0.15) is 0 Å². The van der Waals surface area contributed by atoms with Crippen LogP contribution < -0.4 is 0 Å². The molecule has 1 aliphatic heterocycles. The van der Waals surface area contributed by atoms with Crippen molar-refractivity contribution in [1.82, 2.24) is 9.80 Å². The topological polar surface area (TPSA) is 26.7 Å². The van der Waals surface area contributed by atoms with Crippen LogP contribution in [-0.4, -0.2) is 60.3 Å². The fourth-order valence-corrected chi connectivity index (χ4v) is 2.21. The van der Waals surface area contributed by atoms with Crippen molar-refractivity contribution in [2.45, 2.75) is 26.8 Å². The van der Waals surface area contributed by atoms with Crippen LogP contribution >= 0.6 is 0 Å². The first-order valence-electron chi connectivity index (χ1n) is 5.70. The number of nitrogens with zero attached hydrogens (tertiary/aromatic N) is 2. The molecule has 0 aromatic rings. The number of hydrogen-bond donors (Lipinski definition) is 1. The maximum absolute atomic E-state index is 8.89. The van der Waals surface area contributed by atoms with Gasteiger partial charge in [0, 0.05) is 38.8 Å². The molecule has 1 heterocycles. The molecular weight excluding hydrogens is 176 g/mol. The Hall–Kier alpha value is -0.120. The number of aliphatic hydroxyl groups is 1. The van der Waals surface area contributed by atoms with Crippen LogP contribution in [0.25, 0.3) is 0 Å². The third kappa shape index (κ3) is 3.56. The lowest BCUT2D eigenvalue weighted by Crippen LogP contribution is -2.53. The average Bonchev–Trinajstić information content (AvgIpc) is 2.09. The standard InChI is InChI=1S/C11H24N2O/c1-10(2)8-12-4-5-13(6-7-14)11(3)9-12/h10-11,14H,4-9H2,1-3H3/t11-/m1/s1. The molecule has 3 nitrogen and oxygen atoms in total. The van der Waals surface area contributed by atoms with Gasteiger partial charge in [0.05, 0.1) is 6.61 Å². The highest BCUT2D eigenvalue weighted by atomic mass is 16.3. The van der Waals surface area contributed by atoms with Crippen molar-refractivity contribution in [2.75, 3.05) is 39.3 Å². The molecular formula is C11H24N2O. The molecule has 0 spiro atoms. The van der Waals surface area contributed by atoms with Gasteiger partial charge in [-0.2, -0.15) is 0 Å². The fourth-order valence-electron chi connectivity index (χ4n) is 2.21. The lowest BCUT2D eigenvalue weighted by Gasteiger charge is -2.40. The zero-order valence-electron chi connectivity index (χ0n) is 9.74. The SMILES string of the molecule is CC(C)CN1CCN(CCO)[C@H](C)C1. The summed E-state index contributed by atoms with van der Waals surface area (Å²) < 4.78 is 0. The third-order valence-corrected chi connectivity index (χ3v) is 2.86. The predicted molar refractivity (Wildman–Crippen MR) is 59.4 cm³/mol. The van der Waals surface area contributed by atoms with Gasteiger partial charge in [-0.15, -0.1) is 0 Å². The second-order valence-electron chi connectivity index (χ2n) is 4.76. The summed E-state index contributed by atoms with van der Waals surface area (Å²) in [5, 5.41) is 8.89. The quantitative estimate of drug-likeness (QED) is 0.721. The van der Waals surface area contributed by atoms with Crippen molar-refractivity contribution < 1.29 is 5.11 Å². The highest BCUT2D eigenvalue weighted by Gasteiger charge is 2.22. The molecule has 0 saturated carbocycles. The van der Waals surface area contributed by atoms with Gasteiger partial charge in [-0.3, -0.25) is 4.90 Å². The van der Waals surface area contributed by atoms with Crippen LogP contribution in [0, 0.1) is 5.92 Å². The smallest absolute Gasteiger partial charge is 0.0558 e. The minimum atomic E-state index is 0.286. The van der Waals surface area contributed by atoms with E-state index in [2.05, 4.69) is 30.6 Å². The third-order valence-electron chi connectivity index (χ3n) is 2.86. The maximum atomic E-state index is 8.89. The van der Waals surface area contributed by atoms with E-state index in [9.17, 15) is 0 Å². The first kappa shape index (κ1) is 12.0. The Morgan fingerprint density at radius 3 is 2.57 bits per heavy atom. The van der Waals surface area contributed by atoms with Gasteiger partial charge < -0.3 is 10.0 Å². The molecule has 0 amide bonds. The minimum absolute atomic E-state index is 0.286. The summed E-state index contributed by atoms with van der Waals surface area (Å²) in [6.45, 7) is 12.5. The Kier molecular flexibility index (Phi) is 4.85. The van der Waals surface area contributed by atoms with E-state index < -0.39 is 0 Å². The number of rotatable bonds is 4. The van der Waals surface area contributed by atoms with Gasteiger partial charge in [-0.1, -0.05) is 13.8 Å². The predicted octanol–water partition coefficient (Wildman–Crippen LogP) is 0.641. The molecule has 1 atom stereocenters. The maximum Gasteiger partial charge on any atom is 0.0558 e. The van der Waals surface area contributed by atoms with Crippen molar-refractivity contribution in [3.05, 3.63) is 0 Å². The molecule has 0 aliphatic carbocycles. The Labute approximate surface area is 87.7 Å². The highest BCUT2D eigenvalue weighted by molar-refractivity contribution is 4.79. The lowest BCUT2D eigenvalue weighted by atomic mass is 10.1. The van der Waals surface area contributed by atoms with E-state index in [0.29, 0.717) is 6.04 Å². The Bertz CT molecular complexity index is 161. The molecule has 0 unspecified atom stereocenters. The van der Waals surface area contributed by atoms with E-state index >= 15 is 0 Å². The summed E-state index contributed by atoms with van der Waals surface area (Å²) in [6, 6.07) is 0.592. The molecule has 1 saturated heterocycles.